The van der Waals surface area contributed by atoms with E-state index in [1.54, 1.807) is 31.2 Å². The van der Waals surface area contributed by atoms with E-state index in [4.69, 9.17) is 11.6 Å². The van der Waals surface area contributed by atoms with Gasteiger partial charge >= 0.3 is 0 Å². The number of sulfonamides is 1. The van der Waals surface area contributed by atoms with Crippen LogP contribution in [0.25, 0.3) is 0 Å². The number of para-hydroxylation sites is 1. The predicted octanol–water partition coefficient (Wildman–Crippen LogP) is 3.58. The molecule has 10 heteroatoms. The SMILES string of the molecule is CCCNC(=O)[C@H](CC)N(Cc1ccccc1Cl)C(=O)CN(c1ccccc1F)S(C)(=O)=O. The van der Waals surface area contributed by atoms with Gasteiger partial charge in [0, 0.05) is 18.1 Å². The highest BCUT2D eigenvalue weighted by molar-refractivity contribution is 7.92. The van der Waals surface area contributed by atoms with Crippen LogP contribution in [-0.4, -0.2) is 50.5 Å². The fraction of sp³-hybridized carbons (Fsp3) is 0.391. The molecule has 2 aromatic rings. The number of nitrogens with one attached hydrogen (secondary N) is 1. The third-order valence-corrected chi connectivity index (χ3v) is 6.53. The van der Waals surface area contributed by atoms with Crippen molar-refractivity contribution in [2.24, 2.45) is 0 Å². The fourth-order valence-corrected chi connectivity index (χ4v) is 4.39. The van der Waals surface area contributed by atoms with Crippen molar-refractivity contribution >= 4 is 39.1 Å². The second-order valence-corrected chi connectivity index (χ2v) is 9.86. The van der Waals surface area contributed by atoms with Crippen molar-refractivity contribution in [3.8, 4) is 0 Å². The van der Waals surface area contributed by atoms with Gasteiger partial charge in [-0.05, 0) is 36.6 Å². The van der Waals surface area contributed by atoms with Crippen molar-refractivity contribution in [3.05, 3.63) is 64.9 Å². The smallest absolute Gasteiger partial charge is 0.244 e. The van der Waals surface area contributed by atoms with E-state index in [1.165, 1.54) is 23.1 Å². The molecule has 0 saturated heterocycles. The minimum absolute atomic E-state index is 0.00850. The Hall–Kier alpha value is -2.65. The molecule has 0 bridgehead atoms. The van der Waals surface area contributed by atoms with Crippen LogP contribution < -0.4 is 9.62 Å². The largest absolute Gasteiger partial charge is 0.354 e. The zero-order valence-electron chi connectivity index (χ0n) is 18.9. The van der Waals surface area contributed by atoms with Crippen LogP contribution in [0.15, 0.2) is 48.5 Å². The molecule has 180 valence electrons. The zero-order valence-corrected chi connectivity index (χ0v) is 20.5. The van der Waals surface area contributed by atoms with Gasteiger partial charge in [0.2, 0.25) is 21.8 Å². The number of benzene rings is 2. The number of hydrogen-bond donors (Lipinski definition) is 1. The predicted molar refractivity (Wildman–Crippen MR) is 128 cm³/mol. The lowest BCUT2D eigenvalue weighted by Gasteiger charge is -2.33. The summed E-state index contributed by atoms with van der Waals surface area (Å²) in [7, 11) is -4.00. The van der Waals surface area contributed by atoms with Crippen molar-refractivity contribution in [1.29, 1.82) is 0 Å². The molecule has 0 aromatic heterocycles. The Morgan fingerprint density at radius 2 is 1.73 bits per heavy atom. The number of hydrogen-bond acceptors (Lipinski definition) is 4. The molecule has 7 nitrogen and oxygen atoms in total. The Bertz CT molecular complexity index is 1080. The summed E-state index contributed by atoms with van der Waals surface area (Å²) in [5, 5.41) is 3.20. The van der Waals surface area contributed by atoms with E-state index in [-0.39, 0.29) is 18.1 Å². The molecule has 33 heavy (non-hydrogen) atoms. The molecule has 0 aliphatic rings. The average Bonchev–Trinajstić information content (AvgIpc) is 2.76. The number of carbonyl (C=O) groups is 2. The van der Waals surface area contributed by atoms with Crippen molar-refractivity contribution in [1.82, 2.24) is 10.2 Å². The molecule has 2 aromatic carbocycles. The molecule has 0 radical (unpaired) electrons. The highest BCUT2D eigenvalue weighted by Crippen LogP contribution is 2.24. The van der Waals surface area contributed by atoms with Crippen molar-refractivity contribution in [3.63, 3.8) is 0 Å². The molecule has 0 heterocycles. The van der Waals surface area contributed by atoms with E-state index in [2.05, 4.69) is 5.32 Å². The lowest BCUT2D eigenvalue weighted by atomic mass is 10.1. The summed E-state index contributed by atoms with van der Waals surface area (Å²) >= 11 is 6.28. The number of anilines is 1. The highest BCUT2D eigenvalue weighted by Gasteiger charge is 2.32. The number of amides is 2. The van der Waals surface area contributed by atoms with Crippen molar-refractivity contribution < 1.29 is 22.4 Å². The van der Waals surface area contributed by atoms with Crippen LogP contribution in [0.5, 0.6) is 0 Å². The van der Waals surface area contributed by atoms with Gasteiger partial charge < -0.3 is 10.2 Å². The molecule has 0 saturated carbocycles. The first kappa shape index (κ1) is 26.6. The lowest BCUT2D eigenvalue weighted by molar-refractivity contribution is -0.140. The molecule has 1 N–H and O–H groups in total. The molecule has 0 unspecified atom stereocenters. The number of nitrogens with zero attached hydrogens (tertiary/aromatic N) is 2. The first-order valence-corrected chi connectivity index (χ1v) is 12.9. The van der Waals surface area contributed by atoms with E-state index in [0.717, 1.165) is 18.7 Å². The first-order valence-electron chi connectivity index (χ1n) is 10.6. The molecule has 0 aliphatic carbocycles. The maximum Gasteiger partial charge on any atom is 0.244 e. The van der Waals surface area contributed by atoms with E-state index in [1.807, 2.05) is 6.92 Å². The summed E-state index contributed by atoms with van der Waals surface area (Å²) in [4.78, 5) is 27.6. The third kappa shape index (κ3) is 7.17. The van der Waals surface area contributed by atoms with Crippen LogP contribution >= 0.6 is 11.6 Å². The van der Waals surface area contributed by atoms with Crippen LogP contribution in [0.3, 0.4) is 0 Å². The topological polar surface area (TPSA) is 86.8 Å². The second-order valence-electron chi connectivity index (χ2n) is 7.55. The summed E-state index contributed by atoms with van der Waals surface area (Å²) in [6.07, 6.45) is 1.91. The third-order valence-electron chi connectivity index (χ3n) is 5.03. The van der Waals surface area contributed by atoms with Gasteiger partial charge in [-0.3, -0.25) is 13.9 Å². The Morgan fingerprint density at radius 1 is 1.09 bits per heavy atom. The van der Waals surface area contributed by atoms with Crippen LogP contribution in [0.2, 0.25) is 5.02 Å². The second kappa shape index (κ2) is 12.0. The normalized spacial score (nSPS) is 12.2. The van der Waals surface area contributed by atoms with Crippen LogP contribution in [0, 0.1) is 5.82 Å². The first-order chi connectivity index (χ1) is 15.6. The molecule has 1 atom stereocenters. The zero-order chi connectivity index (χ0) is 24.6. The van der Waals surface area contributed by atoms with Crippen LogP contribution in [0.1, 0.15) is 32.3 Å². The Morgan fingerprint density at radius 3 is 2.30 bits per heavy atom. The van der Waals surface area contributed by atoms with Gasteiger partial charge in [0.1, 0.15) is 18.4 Å². The number of carbonyl (C=O) groups excluding carboxylic acids is 2. The Balaban J connectivity index is 2.45. The monoisotopic (exact) mass is 497 g/mol. The molecular formula is C23H29ClFN3O4S. The maximum atomic E-state index is 14.4. The van der Waals surface area contributed by atoms with Gasteiger partial charge in [-0.1, -0.05) is 55.8 Å². The standard InChI is InChI=1S/C23H29ClFN3O4S/c1-4-14-26-23(30)20(5-2)27(15-17-10-6-7-11-18(17)24)22(29)16-28(33(3,31)32)21-13-9-8-12-19(21)25/h6-13,20H,4-5,14-16H2,1-3H3,(H,26,30)/t20-/m0/s1. The molecule has 0 fully saturated rings. The quantitative estimate of drug-likeness (QED) is 0.514. The minimum atomic E-state index is -4.00. The van der Waals surface area contributed by atoms with E-state index < -0.39 is 34.3 Å². The minimum Gasteiger partial charge on any atom is -0.354 e. The van der Waals surface area contributed by atoms with Gasteiger partial charge in [-0.2, -0.15) is 0 Å². The fourth-order valence-electron chi connectivity index (χ4n) is 3.34. The van der Waals surface area contributed by atoms with E-state index >= 15 is 0 Å². The molecular weight excluding hydrogens is 469 g/mol. The van der Waals surface area contributed by atoms with Gasteiger partial charge in [0.15, 0.2) is 0 Å². The van der Waals surface area contributed by atoms with Crippen molar-refractivity contribution in [2.75, 3.05) is 23.7 Å². The van der Waals surface area contributed by atoms with E-state index in [0.29, 0.717) is 27.9 Å². The van der Waals surface area contributed by atoms with Gasteiger partial charge in [-0.15, -0.1) is 0 Å². The number of rotatable bonds is 11. The molecule has 0 spiro atoms. The highest BCUT2D eigenvalue weighted by atomic mass is 35.5. The van der Waals surface area contributed by atoms with Crippen LogP contribution in [-0.2, 0) is 26.2 Å². The summed E-state index contributed by atoms with van der Waals surface area (Å²) in [5.41, 5.74) is 0.362. The van der Waals surface area contributed by atoms with Gasteiger partial charge in [0.05, 0.1) is 11.9 Å². The summed E-state index contributed by atoms with van der Waals surface area (Å²) in [6.45, 7) is 3.43. The Labute approximate surface area is 199 Å². The summed E-state index contributed by atoms with van der Waals surface area (Å²) < 4.78 is 40.0. The van der Waals surface area contributed by atoms with Gasteiger partial charge in [-0.25, -0.2) is 12.8 Å². The summed E-state index contributed by atoms with van der Waals surface area (Å²) in [6, 6.07) is 11.3. The molecule has 2 rings (SSSR count). The molecule has 2 amide bonds. The van der Waals surface area contributed by atoms with Gasteiger partial charge in [0.25, 0.3) is 0 Å². The van der Waals surface area contributed by atoms with E-state index in [9.17, 15) is 22.4 Å². The van der Waals surface area contributed by atoms with Crippen molar-refractivity contribution in [2.45, 2.75) is 39.3 Å². The lowest BCUT2D eigenvalue weighted by Crippen LogP contribution is -2.52. The number of halogens is 2. The average molecular weight is 498 g/mol. The Kier molecular flexibility index (Phi) is 9.67. The maximum absolute atomic E-state index is 14.4. The summed E-state index contributed by atoms with van der Waals surface area (Å²) in [5.74, 6) is -1.78. The molecule has 0 aliphatic heterocycles. The van der Waals surface area contributed by atoms with Crippen LogP contribution in [0.4, 0.5) is 10.1 Å².